The molecule has 1 saturated heterocycles. The van der Waals surface area contributed by atoms with E-state index in [9.17, 15) is 4.79 Å². The first kappa shape index (κ1) is 13.1. The van der Waals surface area contributed by atoms with Crippen molar-refractivity contribution in [3.63, 3.8) is 0 Å². The lowest BCUT2D eigenvalue weighted by atomic mass is 9.90. The van der Waals surface area contributed by atoms with Crippen LogP contribution in [0.5, 0.6) is 0 Å². The van der Waals surface area contributed by atoms with E-state index >= 15 is 0 Å². The van der Waals surface area contributed by atoms with E-state index in [4.69, 9.17) is 0 Å². The summed E-state index contributed by atoms with van der Waals surface area (Å²) in [5, 5.41) is 6.44. The summed E-state index contributed by atoms with van der Waals surface area (Å²) in [5.74, 6) is 0.118. The Morgan fingerprint density at radius 2 is 2.33 bits per heavy atom. The predicted molar refractivity (Wildman–Crippen MR) is 74.7 cm³/mol. The molecule has 0 spiro atoms. The summed E-state index contributed by atoms with van der Waals surface area (Å²) in [7, 11) is 0. The summed E-state index contributed by atoms with van der Waals surface area (Å²) in [6.07, 6.45) is 3.96. The molecule has 1 aliphatic heterocycles. The van der Waals surface area contributed by atoms with Gasteiger partial charge in [0.2, 0.25) is 5.91 Å². The van der Waals surface area contributed by atoms with E-state index in [1.165, 1.54) is 0 Å². The van der Waals surface area contributed by atoms with Crippen molar-refractivity contribution in [3.05, 3.63) is 29.8 Å². The average Bonchev–Trinajstić information content (AvgIpc) is 2.79. The third kappa shape index (κ3) is 2.72. The molecule has 0 aliphatic carbocycles. The number of anilines is 1. The Bertz CT molecular complexity index is 422. The zero-order chi connectivity index (χ0) is 13.0. The average molecular weight is 246 g/mol. The standard InChI is InChI=1S/C15H22N2O/c1-3-8-15(9-5-10-16-15)14(18)17-13-7-4-6-12(2)11-13/h4,6-7,11,16H,3,5,8-10H2,1-2H3,(H,17,18). The lowest BCUT2D eigenvalue weighted by Crippen LogP contribution is -2.50. The quantitative estimate of drug-likeness (QED) is 0.857. The zero-order valence-electron chi connectivity index (χ0n) is 11.3. The first-order valence-corrected chi connectivity index (χ1v) is 6.79. The second kappa shape index (κ2) is 5.53. The van der Waals surface area contributed by atoms with Crippen LogP contribution >= 0.6 is 0 Å². The van der Waals surface area contributed by atoms with Gasteiger partial charge < -0.3 is 10.6 Å². The highest BCUT2D eigenvalue weighted by Gasteiger charge is 2.39. The van der Waals surface area contributed by atoms with Crippen molar-refractivity contribution in [2.75, 3.05) is 11.9 Å². The van der Waals surface area contributed by atoms with Gasteiger partial charge in [-0.1, -0.05) is 25.5 Å². The van der Waals surface area contributed by atoms with E-state index in [-0.39, 0.29) is 11.4 Å². The molecule has 98 valence electrons. The predicted octanol–water partition coefficient (Wildman–Crippen LogP) is 2.86. The monoisotopic (exact) mass is 246 g/mol. The van der Waals surface area contributed by atoms with Crippen LogP contribution in [0.2, 0.25) is 0 Å². The van der Waals surface area contributed by atoms with Crippen molar-refractivity contribution < 1.29 is 4.79 Å². The molecule has 0 saturated carbocycles. The number of hydrogen-bond acceptors (Lipinski definition) is 2. The summed E-state index contributed by atoms with van der Waals surface area (Å²) in [6.45, 7) is 5.11. The molecule has 1 heterocycles. The second-order valence-corrected chi connectivity index (χ2v) is 5.19. The van der Waals surface area contributed by atoms with Crippen LogP contribution in [0.15, 0.2) is 24.3 Å². The minimum absolute atomic E-state index is 0.118. The first-order valence-electron chi connectivity index (χ1n) is 6.79. The lowest BCUT2D eigenvalue weighted by molar-refractivity contribution is -0.122. The Balaban J connectivity index is 2.10. The molecule has 1 amide bonds. The largest absolute Gasteiger partial charge is 0.324 e. The topological polar surface area (TPSA) is 41.1 Å². The summed E-state index contributed by atoms with van der Waals surface area (Å²) in [5.41, 5.74) is 1.71. The molecule has 2 N–H and O–H groups in total. The number of amides is 1. The Hall–Kier alpha value is -1.35. The fourth-order valence-corrected chi connectivity index (χ4v) is 2.73. The van der Waals surface area contributed by atoms with E-state index < -0.39 is 0 Å². The van der Waals surface area contributed by atoms with Gasteiger partial charge in [0.1, 0.15) is 0 Å². The highest BCUT2D eigenvalue weighted by molar-refractivity contribution is 5.98. The number of benzene rings is 1. The van der Waals surface area contributed by atoms with Gasteiger partial charge in [0.15, 0.2) is 0 Å². The van der Waals surface area contributed by atoms with Gasteiger partial charge in [0.25, 0.3) is 0 Å². The van der Waals surface area contributed by atoms with Gasteiger partial charge in [0.05, 0.1) is 5.54 Å². The minimum atomic E-state index is -0.349. The van der Waals surface area contributed by atoms with E-state index in [2.05, 4.69) is 17.6 Å². The summed E-state index contributed by atoms with van der Waals surface area (Å²) < 4.78 is 0. The first-order chi connectivity index (χ1) is 8.66. The number of carbonyl (C=O) groups is 1. The van der Waals surface area contributed by atoms with E-state index in [1.54, 1.807) is 0 Å². The van der Waals surface area contributed by atoms with Gasteiger partial charge >= 0.3 is 0 Å². The molecule has 18 heavy (non-hydrogen) atoms. The maximum Gasteiger partial charge on any atom is 0.244 e. The van der Waals surface area contributed by atoms with Crippen LogP contribution in [-0.4, -0.2) is 18.0 Å². The van der Waals surface area contributed by atoms with Crippen molar-refractivity contribution in [1.82, 2.24) is 5.32 Å². The summed E-state index contributed by atoms with van der Waals surface area (Å²) >= 11 is 0. The number of rotatable bonds is 4. The molecule has 3 nitrogen and oxygen atoms in total. The molecule has 0 radical (unpaired) electrons. The van der Waals surface area contributed by atoms with Crippen molar-refractivity contribution in [3.8, 4) is 0 Å². The van der Waals surface area contributed by atoms with Crippen LogP contribution in [0.1, 0.15) is 38.2 Å². The summed E-state index contributed by atoms with van der Waals surface area (Å²) in [4.78, 5) is 12.5. The molecule has 1 aromatic carbocycles. The van der Waals surface area contributed by atoms with E-state index in [0.29, 0.717) is 0 Å². The highest BCUT2D eigenvalue weighted by Crippen LogP contribution is 2.26. The molecule has 1 atom stereocenters. The van der Waals surface area contributed by atoms with Crippen LogP contribution in [-0.2, 0) is 4.79 Å². The minimum Gasteiger partial charge on any atom is -0.324 e. The molecule has 1 fully saturated rings. The third-order valence-electron chi connectivity index (χ3n) is 3.63. The van der Waals surface area contributed by atoms with Crippen LogP contribution < -0.4 is 10.6 Å². The molecule has 1 aliphatic rings. The SMILES string of the molecule is CCCC1(C(=O)Nc2cccc(C)c2)CCCN1. The van der Waals surface area contributed by atoms with E-state index in [1.807, 2.05) is 31.2 Å². The Morgan fingerprint density at radius 3 is 2.94 bits per heavy atom. The maximum atomic E-state index is 12.5. The second-order valence-electron chi connectivity index (χ2n) is 5.19. The normalized spacial score (nSPS) is 23.0. The highest BCUT2D eigenvalue weighted by atomic mass is 16.2. The van der Waals surface area contributed by atoms with Gasteiger partial charge in [-0.05, 0) is 50.4 Å². The number of aryl methyl sites for hydroxylation is 1. The Labute approximate surface area is 109 Å². The molecule has 3 heteroatoms. The summed E-state index contributed by atoms with van der Waals surface area (Å²) in [6, 6.07) is 7.96. The molecular formula is C15H22N2O. The van der Waals surface area contributed by atoms with Crippen molar-refractivity contribution >= 4 is 11.6 Å². The smallest absolute Gasteiger partial charge is 0.244 e. The van der Waals surface area contributed by atoms with Crippen LogP contribution in [0.3, 0.4) is 0 Å². The zero-order valence-corrected chi connectivity index (χ0v) is 11.3. The van der Waals surface area contributed by atoms with E-state index in [0.717, 1.165) is 43.5 Å². The number of hydrogen-bond donors (Lipinski definition) is 2. The Kier molecular flexibility index (Phi) is 4.02. The Morgan fingerprint density at radius 1 is 1.50 bits per heavy atom. The van der Waals surface area contributed by atoms with Gasteiger partial charge in [-0.15, -0.1) is 0 Å². The number of nitrogens with one attached hydrogen (secondary N) is 2. The maximum absolute atomic E-state index is 12.5. The molecule has 1 aromatic rings. The van der Waals surface area contributed by atoms with Crippen molar-refractivity contribution in [2.24, 2.45) is 0 Å². The fourth-order valence-electron chi connectivity index (χ4n) is 2.73. The lowest BCUT2D eigenvalue weighted by Gasteiger charge is -2.27. The van der Waals surface area contributed by atoms with Gasteiger partial charge in [0, 0.05) is 5.69 Å². The molecule has 2 rings (SSSR count). The number of carbonyl (C=O) groups excluding carboxylic acids is 1. The van der Waals surface area contributed by atoms with Gasteiger partial charge in [-0.25, -0.2) is 0 Å². The molecule has 0 bridgehead atoms. The van der Waals surface area contributed by atoms with Crippen molar-refractivity contribution in [1.29, 1.82) is 0 Å². The van der Waals surface area contributed by atoms with Crippen LogP contribution in [0.25, 0.3) is 0 Å². The molecule has 0 aromatic heterocycles. The van der Waals surface area contributed by atoms with Gasteiger partial charge in [-0.2, -0.15) is 0 Å². The van der Waals surface area contributed by atoms with Gasteiger partial charge in [-0.3, -0.25) is 4.79 Å². The molecular weight excluding hydrogens is 224 g/mol. The third-order valence-corrected chi connectivity index (χ3v) is 3.63. The van der Waals surface area contributed by atoms with Crippen molar-refractivity contribution in [2.45, 2.75) is 45.1 Å². The van der Waals surface area contributed by atoms with Crippen LogP contribution in [0.4, 0.5) is 5.69 Å². The van der Waals surface area contributed by atoms with Crippen LogP contribution in [0, 0.1) is 6.92 Å². The fraction of sp³-hybridized carbons (Fsp3) is 0.533. The molecule has 1 unspecified atom stereocenters.